The van der Waals surface area contributed by atoms with Gasteiger partial charge in [0.25, 0.3) is 0 Å². The minimum atomic E-state index is 0.504. The summed E-state index contributed by atoms with van der Waals surface area (Å²) in [6.45, 7) is 9.38. The highest BCUT2D eigenvalue weighted by molar-refractivity contribution is 5.24. The molecule has 0 saturated heterocycles. The molecule has 0 radical (unpaired) electrons. The molecule has 0 aromatic rings. The van der Waals surface area contributed by atoms with Gasteiger partial charge < -0.3 is 0 Å². The number of fused-ring (bicyclic) bond motifs is 5. The molecule has 0 bridgehead atoms. The van der Waals surface area contributed by atoms with E-state index in [4.69, 9.17) is 0 Å². The van der Waals surface area contributed by atoms with Gasteiger partial charge in [-0.25, -0.2) is 0 Å². The number of hydrogen-bond acceptors (Lipinski definition) is 0. The second-order valence-electron chi connectivity index (χ2n) is 8.47. The Morgan fingerprint density at radius 3 is 2.75 bits per heavy atom. The molecule has 0 aromatic heterocycles. The summed E-state index contributed by atoms with van der Waals surface area (Å²) in [6, 6.07) is 0. The minimum Gasteiger partial charge on any atom is -0.0993 e. The van der Waals surface area contributed by atoms with Crippen LogP contribution in [0.4, 0.5) is 0 Å². The first kappa shape index (κ1) is 13.2. The first-order valence-electron chi connectivity index (χ1n) is 8.98. The van der Waals surface area contributed by atoms with E-state index in [1.165, 1.54) is 51.4 Å². The van der Waals surface area contributed by atoms with Gasteiger partial charge in [0.05, 0.1) is 0 Å². The van der Waals surface area contributed by atoms with Crippen molar-refractivity contribution in [2.24, 2.45) is 35.0 Å². The lowest BCUT2D eigenvalue weighted by Crippen LogP contribution is -2.44. The fraction of sp³-hybridized carbons (Fsp3) is 0.800. The van der Waals surface area contributed by atoms with Crippen LogP contribution in [0.2, 0.25) is 0 Å². The van der Waals surface area contributed by atoms with Gasteiger partial charge in [-0.15, -0.1) is 0 Å². The number of hydrogen-bond donors (Lipinski definition) is 0. The van der Waals surface area contributed by atoms with Gasteiger partial charge in [-0.2, -0.15) is 0 Å². The summed E-state index contributed by atoms with van der Waals surface area (Å²) in [6.07, 6.45) is 14.1. The van der Waals surface area contributed by atoms with Gasteiger partial charge in [-0.1, -0.05) is 37.6 Å². The third-order valence-electron chi connectivity index (χ3n) is 7.64. The Morgan fingerprint density at radius 2 is 1.90 bits per heavy atom. The lowest BCUT2D eigenvalue weighted by Gasteiger charge is -2.53. The Kier molecular flexibility index (Phi) is 2.95. The molecular weight excluding hydrogens is 240 g/mol. The van der Waals surface area contributed by atoms with E-state index < -0.39 is 0 Å². The Morgan fingerprint density at radius 1 is 1.05 bits per heavy atom. The predicted molar refractivity (Wildman–Crippen MR) is 85.4 cm³/mol. The quantitative estimate of drug-likeness (QED) is 0.491. The number of rotatable bonds is 0. The third-order valence-corrected chi connectivity index (χ3v) is 7.64. The molecule has 0 N–H and O–H groups in total. The van der Waals surface area contributed by atoms with E-state index in [2.05, 4.69) is 26.5 Å². The Labute approximate surface area is 124 Å². The van der Waals surface area contributed by atoms with Crippen molar-refractivity contribution in [2.45, 2.75) is 65.2 Å². The zero-order valence-electron chi connectivity index (χ0n) is 13.3. The minimum absolute atomic E-state index is 0.504. The second-order valence-corrected chi connectivity index (χ2v) is 8.47. The van der Waals surface area contributed by atoms with Crippen LogP contribution in [0.1, 0.15) is 65.2 Å². The Bertz CT molecular complexity index is 457. The van der Waals surface area contributed by atoms with Crippen molar-refractivity contribution in [3.63, 3.8) is 0 Å². The lowest BCUT2D eigenvalue weighted by molar-refractivity contribution is 0.0120. The van der Waals surface area contributed by atoms with E-state index in [9.17, 15) is 0 Å². The summed E-state index contributed by atoms with van der Waals surface area (Å²) in [5.41, 5.74) is 3.94. The van der Waals surface area contributed by atoms with Crippen LogP contribution in [0.5, 0.6) is 0 Å². The first-order chi connectivity index (χ1) is 9.59. The Hall–Kier alpha value is -0.520. The highest BCUT2D eigenvalue weighted by Gasteiger charge is 2.53. The lowest BCUT2D eigenvalue weighted by atomic mass is 9.52. The van der Waals surface area contributed by atoms with Gasteiger partial charge >= 0.3 is 0 Å². The first-order valence-corrected chi connectivity index (χ1v) is 8.98. The fourth-order valence-corrected chi connectivity index (χ4v) is 6.43. The molecule has 0 spiro atoms. The molecule has 4 aliphatic carbocycles. The molecule has 0 aromatic carbocycles. The summed E-state index contributed by atoms with van der Waals surface area (Å²) >= 11 is 0. The van der Waals surface area contributed by atoms with Crippen molar-refractivity contribution in [3.05, 3.63) is 23.8 Å². The smallest absolute Gasteiger partial charge is 0.00879 e. The summed E-state index contributed by atoms with van der Waals surface area (Å²) < 4.78 is 0. The van der Waals surface area contributed by atoms with Crippen LogP contribution < -0.4 is 0 Å². The van der Waals surface area contributed by atoms with Crippen LogP contribution in [-0.4, -0.2) is 0 Å². The maximum atomic E-state index is 4.43. The maximum Gasteiger partial charge on any atom is -0.00879 e. The van der Waals surface area contributed by atoms with E-state index in [-0.39, 0.29) is 0 Å². The average Bonchev–Trinajstić information content (AvgIpc) is 2.74. The Balaban J connectivity index is 1.63. The second kappa shape index (κ2) is 4.49. The molecule has 6 unspecified atom stereocenters. The zero-order valence-corrected chi connectivity index (χ0v) is 13.3. The molecule has 20 heavy (non-hydrogen) atoms. The van der Waals surface area contributed by atoms with E-state index in [0.29, 0.717) is 5.41 Å². The molecule has 0 aliphatic heterocycles. The molecular formula is C20H30. The van der Waals surface area contributed by atoms with Gasteiger partial charge in [0.1, 0.15) is 0 Å². The molecule has 0 nitrogen and oxygen atoms in total. The molecule has 110 valence electrons. The van der Waals surface area contributed by atoms with Crippen molar-refractivity contribution in [3.8, 4) is 0 Å². The molecule has 3 saturated carbocycles. The van der Waals surface area contributed by atoms with Crippen LogP contribution in [0, 0.1) is 35.0 Å². The van der Waals surface area contributed by atoms with Crippen molar-refractivity contribution in [1.82, 2.24) is 0 Å². The molecule has 0 heteroatoms. The summed E-state index contributed by atoms with van der Waals surface area (Å²) in [4.78, 5) is 0. The normalized spacial score (nSPS) is 51.0. The van der Waals surface area contributed by atoms with Crippen molar-refractivity contribution in [1.29, 1.82) is 0 Å². The van der Waals surface area contributed by atoms with Crippen molar-refractivity contribution >= 4 is 0 Å². The van der Waals surface area contributed by atoms with Crippen LogP contribution in [0.3, 0.4) is 0 Å². The molecule has 0 amide bonds. The summed E-state index contributed by atoms with van der Waals surface area (Å²) in [7, 11) is 0. The van der Waals surface area contributed by atoms with Crippen LogP contribution in [0.15, 0.2) is 23.8 Å². The summed E-state index contributed by atoms with van der Waals surface area (Å²) in [5.74, 6) is 4.81. The van der Waals surface area contributed by atoms with E-state index in [1.54, 1.807) is 5.57 Å². The van der Waals surface area contributed by atoms with Gasteiger partial charge in [-0.05, 0) is 86.4 Å². The average molecular weight is 270 g/mol. The monoisotopic (exact) mass is 270 g/mol. The van der Waals surface area contributed by atoms with E-state index in [0.717, 1.165) is 29.6 Å². The maximum absolute atomic E-state index is 4.43. The SMILES string of the molecule is C=C1CCC2C3CCC4=CC(C)CCC4C3CCC12C. The van der Waals surface area contributed by atoms with Crippen molar-refractivity contribution < 1.29 is 0 Å². The van der Waals surface area contributed by atoms with Crippen LogP contribution in [-0.2, 0) is 0 Å². The predicted octanol–water partition coefficient (Wildman–Crippen LogP) is 5.75. The highest BCUT2D eigenvalue weighted by atomic mass is 14.6. The molecule has 4 rings (SSSR count). The molecule has 0 heterocycles. The van der Waals surface area contributed by atoms with E-state index >= 15 is 0 Å². The third kappa shape index (κ3) is 1.72. The largest absolute Gasteiger partial charge is 0.0993 e. The zero-order chi connectivity index (χ0) is 13.9. The molecule has 6 atom stereocenters. The van der Waals surface area contributed by atoms with Crippen molar-refractivity contribution in [2.75, 3.05) is 0 Å². The van der Waals surface area contributed by atoms with Gasteiger partial charge in [-0.3, -0.25) is 0 Å². The van der Waals surface area contributed by atoms with Gasteiger partial charge in [0, 0.05) is 0 Å². The van der Waals surface area contributed by atoms with E-state index in [1.807, 2.05) is 5.57 Å². The fourth-order valence-electron chi connectivity index (χ4n) is 6.43. The standard InChI is InChI=1S/C20H30/c1-13-4-7-16-15(12-13)6-8-18-17(16)10-11-20(3)14(2)5-9-19(18)20/h12-13,16-19H,2,4-11H2,1,3H3. The summed E-state index contributed by atoms with van der Waals surface area (Å²) in [5, 5.41) is 0. The van der Waals surface area contributed by atoms with Gasteiger partial charge in [0.15, 0.2) is 0 Å². The molecule has 4 aliphatic rings. The number of allylic oxidation sites excluding steroid dienone is 3. The molecule has 3 fully saturated rings. The van der Waals surface area contributed by atoms with Gasteiger partial charge in [0.2, 0.25) is 0 Å². The topological polar surface area (TPSA) is 0 Å². The van der Waals surface area contributed by atoms with Crippen LogP contribution >= 0.6 is 0 Å². The van der Waals surface area contributed by atoms with Crippen LogP contribution in [0.25, 0.3) is 0 Å². The highest BCUT2D eigenvalue weighted by Crippen LogP contribution is 2.63.